The van der Waals surface area contributed by atoms with Crippen molar-refractivity contribution in [2.45, 2.75) is 39.0 Å². The number of aryl methyl sites for hydroxylation is 1. The fourth-order valence-corrected chi connectivity index (χ4v) is 2.96. The molecule has 2 rings (SSSR count). The van der Waals surface area contributed by atoms with Crippen molar-refractivity contribution in [3.63, 3.8) is 0 Å². The monoisotopic (exact) mass is 305 g/mol. The maximum atomic E-state index is 12.6. The van der Waals surface area contributed by atoms with Crippen molar-refractivity contribution in [2.24, 2.45) is 5.92 Å². The van der Waals surface area contributed by atoms with E-state index in [4.69, 9.17) is 5.11 Å². The normalized spacial score (nSPS) is 18.2. The van der Waals surface area contributed by atoms with Crippen molar-refractivity contribution < 1.29 is 19.8 Å². The van der Waals surface area contributed by atoms with Crippen molar-refractivity contribution in [1.29, 1.82) is 0 Å². The summed E-state index contributed by atoms with van der Waals surface area (Å²) in [5.41, 5.74) is 1.36. The number of carboxylic acids is 1. The van der Waals surface area contributed by atoms with E-state index in [1.54, 1.807) is 17.0 Å². The zero-order valence-electron chi connectivity index (χ0n) is 12.9. The van der Waals surface area contributed by atoms with E-state index in [0.717, 1.165) is 24.8 Å². The van der Waals surface area contributed by atoms with Crippen molar-refractivity contribution in [2.75, 3.05) is 13.1 Å². The van der Waals surface area contributed by atoms with Crippen molar-refractivity contribution in [3.8, 4) is 5.75 Å². The van der Waals surface area contributed by atoms with Crippen molar-refractivity contribution >= 4 is 11.9 Å². The molecule has 0 spiro atoms. The first-order valence-corrected chi connectivity index (χ1v) is 7.84. The summed E-state index contributed by atoms with van der Waals surface area (Å²) < 4.78 is 0. The average Bonchev–Trinajstić information content (AvgIpc) is 2.53. The molecular formula is C17H23NO4. The van der Waals surface area contributed by atoms with Crippen LogP contribution >= 0.6 is 0 Å². The maximum Gasteiger partial charge on any atom is 0.303 e. The van der Waals surface area contributed by atoms with Gasteiger partial charge in [-0.05, 0) is 49.3 Å². The molecule has 1 fully saturated rings. The lowest BCUT2D eigenvalue weighted by atomic mass is 9.93. The van der Waals surface area contributed by atoms with Crippen molar-refractivity contribution in [1.82, 2.24) is 4.90 Å². The number of phenolic OH excluding ortho intramolecular Hbond substituents is 1. The Hall–Kier alpha value is -2.04. The molecule has 1 amide bonds. The summed E-state index contributed by atoms with van der Waals surface area (Å²) in [6.45, 7) is 3.24. The third kappa shape index (κ3) is 4.00. The van der Waals surface area contributed by atoms with Crippen LogP contribution in [0.5, 0.6) is 5.75 Å². The summed E-state index contributed by atoms with van der Waals surface area (Å²) in [5, 5.41) is 18.7. The molecule has 0 aliphatic carbocycles. The number of carbonyl (C=O) groups is 2. The quantitative estimate of drug-likeness (QED) is 0.876. The van der Waals surface area contributed by atoms with Crippen LogP contribution in [0.25, 0.3) is 0 Å². The Morgan fingerprint density at radius 2 is 2.14 bits per heavy atom. The summed E-state index contributed by atoms with van der Waals surface area (Å²) in [6.07, 6.45) is 3.38. The summed E-state index contributed by atoms with van der Waals surface area (Å²) in [4.78, 5) is 25.0. The van der Waals surface area contributed by atoms with Gasteiger partial charge in [-0.2, -0.15) is 0 Å². The van der Waals surface area contributed by atoms with E-state index in [2.05, 4.69) is 0 Å². The highest BCUT2D eigenvalue weighted by molar-refractivity contribution is 5.97. The van der Waals surface area contributed by atoms with E-state index in [1.165, 1.54) is 0 Å². The Morgan fingerprint density at radius 3 is 2.82 bits per heavy atom. The zero-order valence-corrected chi connectivity index (χ0v) is 12.9. The topological polar surface area (TPSA) is 77.8 Å². The number of aromatic hydroxyl groups is 1. The number of aliphatic carboxylic acids is 1. The minimum absolute atomic E-state index is 0.00913. The fourth-order valence-electron chi connectivity index (χ4n) is 2.96. The van der Waals surface area contributed by atoms with Gasteiger partial charge < -0.3 is 15.1 Å². The van der Waals surface area contributed by atoms with E-state index in [-0.39, 0.29) is 24.0 Å². The molecule has 120 valence electrons. The number of likely N-dealkylation sites (tertiary alicyclic amines) is 1. The predicted molar refractivity (Wildman–Crippen MR) is 83.0 cm³/mol. The van der Waals surface area contributed by atoms with Crippen LogP contribution in [-0.2, 0) is 11.2 Å². The Kier molecular flexibility index (Phi) is 5.41. The number of benzene rings is 1. The second kappa shape index (κ2) is 7.29. The van der Waals surface area contributed by atoms with Crippen LogP contribution in [0.2, 0.25) is 0 Å². The first-order valence-electron chi connectivity index (χ1n) is 7.84. The Morgan fingerprint density at radius 1 is 1.36 bits per heavy atom. The van der Waals surface area contributed by atoms with Crippen LogP contribution in [0.1, 0.15) is 48.5 Å². The highest BCUT2D eigenvalue weighted by Gasteiger charge is 2.26. The van der Waals surface area contributed by atoms with Gasteiger partial charge in [0.15, 0.2) is 0 Å². The molecule has 0 radical (unpaired) electrons. The van der Waals surface area contributed by atoms with Crippen LogP contribution < -0.4 is 0 Å². The smallest absolute Gasteiger partial charge is 0.303 e. The molecule has 22 heavy (non-hydrogen) atoms. The standard InChI is InChI=1S/C17H23NO4/c1-2-12-5-7-15(19)14(10-12)17(22)18-9-3-4-13(11-18)6-8-16(20)21/h5,7,10,13,19H,2-4,6,8-9,11H2,1H3,(H,20,21). The van der Waals surface area contributed by atoms with Crippen LogP contribution in [0.15, 0.2) is 18.2 Å². The SMILES string of the molecule is CCc1ccc(O)c(C(=O)N2CCCC(CCC(=O)O)C2)c1. The molecule has 1 aromatic rings. The minimum Gasteiger partial charge on any atom is -0.507 e. The minimum atomic E-state index is -0.795. The number of rotatable bonds is 5. The Balaban J connectivity index is 2.07. The number of hydrogen-bond acceptors (Lipinski definition) is 3. The average molecular weight is 305 g/mol. The maximum absolute atomic E-state index is 12.6. The number of amides is 1. The summed E-state index contributed by atoms with van der Waals surface area (Å²) >= 11 is 0. The van der Waals surface area contributed by atoms with Gasteiger partial charge in [0, 0.05) is 19.5 Å². The highest BCUT2D eigenvalue weighted by Crippen LogP contribution is 2.26. The predicted octanol–water partition coefficient (Wildman–Crippen LogP) is 2.67. The van der Waals surface area contributed by atoms with Gasteiger partial charge in [-0.15, -0.1) is 0 Å². The van der Waals surface area contributed by atoms with Gasteiger partial charge in [0.05, 0.1) is 5.56 Å². The lowest BCUT2D eigenvalue weighted by molar-refractivity contribution is -0.137. The van der Waals surface area contributed by atoms with E-state index >= 15 is 0 Å². The molecular weight excluding hydrogens is 282 g/mol. The van der Waals surface area contributed by atoms with Gasteiger partial charge in [-0.25, -0.2) is 0 Å². The fraction of sp³-hybridized carbons (Fsp3) is 0.529. The third-order valence-electron chi connectivity index (χ3n) is 4.27. The van der Waals surface area contributed by atoms with E-state index < -0.39 is 5.97 Å². The number of hydrogen-bond donors (Lipinski definition) is 2. The highest BCUT2D eigenvalue weighted by atomic mass is 16.4. The van der Waals surface area contributed by atoms with E-state index in [9.17, 15) is 14.7 Å². The second-order valence-electron chi connectivity index (χ2n) is 5.90. The molecule has 1 aliphatic heterocycles. The third-order valence-corrected chi connectivity index (χ3v) is 4.27. The van der Waals surface area contributed by atoms with Gasteiger partial charge in [-0.3, -0.25) is 9.59 Å². The molecule has 5 heteroatoms. The molecule has 1 saturated heterocycles. The lowest BCUT2D eigenvalue weighted by Crippen LogP contribution is -2.40. The van der Waals surface area contributed by atoms with Gasteiger partial charge in [0.1, 0.15) is 5.75 Å². The Labute approximate surface area is 130 Å². The number of nitrogens with zero attached hydrogens (tertiary/aromatic N) is 1. The van der Waals surface area contributed by atoms with E-state index in [1.807, 2.05) is 13.0 Å². The molecule has 2 N–H and O–H groups in total. The van der Waals surface area contributed by atoms with Crippen LogP contribution in [0.3, 0.4) is 0 Å². The van der Waals surface area contributed by atoms with Gasteiger partial charge in [0.2, 0.25) is 0 Å². The molecule has 1 atom stereocenters. The number of phenols is 1. The van der Waals surface area contributed by atoms with Gasteiger partial charge >= 0.3 is 5.97 Å². The van der Waals surface area contributed by atoms with Gasteiger partial charge in [-0.1, -0.05) is 13.0 Å². The molecule has 5 nitrogen and oxygen atoms in total. The molecule has 0 aromatic heterocycles. The lowest BCUT2D eigenvalue weighted by Gasteiger charge is -2.33. The zero-order chi connectivity index (χ0) is 16.1. The first-order chi connectivity index (χ1) is 10.5. The number of carboxylic acid groups (broad SMARTS) is 1. The summed E-state index contributed by atoms with van der Waals surface area (Å²) in [7, 11) is 0. The van der Waals surface area contributed by atoms with Crippen LogP contribution in [0.4, 0.5) is 0 Å². The molecule has 1 heterocycles. The summed E-state index contributed by atoms with van der Waals surface area (Å²) in [6, 6.07) is 5.13. The van der Waals surface area contributed by atoms with Crippen LogP contribution in [0, 0.1) is 5.92 Å². The number of piperidine rings is 1. The molecule has 1 aliphatic rings. The largest absolute Gasteiger partial charge is 0.507 e. The molecule has 0 bridgehead atoms. The van der Waals surface area contributed by atoms with Crippen LogP contribution in [-0.4, -0.2) is 40.1 Å². The number of carbonyl (C=O) groups excluding carboxylic acids is 1. The molecule has 1 aromatic carbocycles. The van der Waals surface area contributed by atoms with E-state index in [0.29, 0.717) is 25.1 Å². The molecule has 1 unspecified atom stereocenters. The van der Waals surface area contributed by atoms with Crippen molar-refractivity contribution in [3.05, 3.63) is 29.3 Å². The van der Waals surface area contributed by atoms with Gasteiger partial charge in [0.25, 0.3) is 5.91 Å². The first kappa shape index (κ1) is 16.3. The Bertz CT molecular complexity index is 556. The summed E-state index contributed by atoms with van der Waals surface area (Å²) in [5.74, 6) is -0.718. The molecule has 0 saturated carbocycles. The second-order valence-corrected chi connectivity index (χ2v) is 5.90.